The normalized spacial score (nSPS) is 11.4. The molecule has 0 aliphatic rings. The van der Waals surface area contributed by atoms with E-state index < -0.39 is 23.8 Å². The van der Waals surface area contributed by atoms with Crippen molar-refractivity contribution in [3.63, 3.8) is 0 Å². The third-order valence-electron chi connectivity index (χ3n) is 2.03. The van der Waals surface area contributed by atoms with Crippen molar-refractivity contribution in [2.45, 2.75) is 19.8 Å². The first-order valence-electron chi connectivity index (χ1n) is 4.44. The quantitative estimate of drug-likeness (QED) is 0.847. The summed E-state index contributed by atoms with van der Waals surface area (Å²) in [4.78, 5) is 14.1. The fourth-order valence-electron chi connectivity index (χ4n) is 1.22. The number of carbonyl (C=O) groups is 1. The predicted octanol–water partition coefficient (Wildman–Crippen LogP) is 1.45. The highest BCUT2D eigenvalue weighted by atomic mass is 19.4. The van der Waals surface area contributed by atoms with Crippen molar-refractivity contribution in [3.8, 4) is 5.75 Å². The van der Waals surface area contributed by atoms with Gasteiger partial charge in [-0.05, 0) is 18.1 Å². The van der Waals surface area contributed by atoms with Crippen molar-refractivity contribution in [3.05, 3.63) is 23.0 Å². The maximum absolute atomic E-state index is 12.1. The third-order valence-corrected chi connectivity index (χ3v) is 2.03. The molecule has 0 spiro atoms. The van der Waals surface area contributed by atoms with E-state index in [2.05, 4.69) is 9.72 Å². The van der Waals surface area contributed by atoms with Crippen LogP contribution in [-0.4, -0.2) is 22.4 Å². The number of hydrogen-bond donors (Lipinski definition) is 2. The van der Waals surface area contributed by atoms with Crippen LogP contribution in [0.3, 0.4) is 0 Å². The molecule has 0 saturated heterocycles. The maximum Gasteiger partial charge on any atom is 0.573 e. The number of ether oxygens (including phenoxy) is 1. The van der Waals surface area contributed by atoms with Gasteiger partial charge in [0.1, 0.15) is 0 Å². The number of aromatic nitrogens is 1. The van der Waals surface area contributed by atoms with E-state index in [1.54, 1.807) is 0 Å². The Labute approximate surface area is 94.0 Å². The van der Waals surface area contributed by atoms with E-state index in [0.29, 0.717) is 0 Å². The molecule has 0 amide bonds. The van der Waals surface area contributed by atoms with Gasteiger partial charge in [0.15, 0.2) is 11.4 Å². The van der Waals surface area contributed by atoms with E-state index in [0.717, 1.165) is 6.20 Å². The number of halogens is 3. The molecule has 0 aromatic carbocycles. The molecule has 1 rings (SSSR count). The number of carboxylic acids is 1. The lowest BCUT2D eigenvalue weighted by Gasteiger charge is -2.15. The molecule has 8 heteroatoms. The number of nitrogens with zero attached hydrogens (tertiary/aromatic N) is 1. The van der Waals surface area contributed by atoms with Gasteiger partial charge in [-0.15, -0.1) is 13.2 Å². The summed E-state index contributed by atoms with van der Waals surface area (Å²) in [6, 6.07) is 0. The Balaban J connectivity index is 3.35. The van der Waals surface area contributed by atoms with Gasteiger partial charge in [-0.2, -0.15) is 0 Å². The van der Waals surface area contributed by atoms with Gasteiger partial charge in [0.05, 0.1) is 0 Å². The molecule has 0 unspecified atom stereocenters. The molecule has 0 fully saturated rings. The maximum atomic E-state index is 12.1. The Kier molecular flexibility index (Phi) is 3.56. The summed E-state index contributed by atoms with van der Waals surface area (Å²) in [7, 11) is 0. The van der Waals surface area contributed by atoms with E-state index >= 15 is 0 Å². The average molecular weight is 250 g/mol. The van der Waals surface area contributed by atoms with Crippen molar-refractivity contribution in [2.24, 2.45) is 5.73 Å². The van der Waals surface area contributed by atoms with E-state index in [4.69, 9.17) is 10.8 Å². The minimum Gasteiger partial charge on any atom is -0.476 e. The molecule has 3 N–H and O–H groups in total. The molecule has 17 heavy (non-hydrogen) atoms. The number of rotatable bonds is 3. The molecule has 0 bridgehead atoms. The first-order chi connectivity index (χ1) is 7.76. The molecule has 94 valence electrons. The molecule has 0 atom stereocenters. The fraction of sp³-hybridized carbons (Fsp3) is 0.333. The molecule has 0 aliphatic heterocycles. The van der Waals surface area contributed by atoms with Crippen LogP contribution in [0.1, 0.15) is 21.6 Å². The van der Waals surface area contributed by atoms with Crippen LogP contribution >= 0.6 is 0 Å². The summed E-state index contributed by atoms with van der Waals surface area (Å²) >= 11 is 0. The number of nitrogens with two attached hydrogens (primary N) is 1. The third kappa shape index (κ3) is 3.06. The first-order valence-corrected chi connectivity index (χ1v) is 4.44. The fourth-order valence-corrected chi connectivity index (χ4v) is 1.22. The summed E-state index contributed by atoms with van der Waals surface area (Å²) in [6.07, 6.45) is -3.87. The standard InChI is InChI=1S/C9H9F3N2O3/c1-4-5(2-13)3-14-6(8(15)16)7(4)17-9(10,11)12/h3H,2,13H2,1H3,(H,15,16). The smallest absolute Gasteiger partial charge is 0.476 e. The highest BCUT2D eigenvalue weighted by Crippen LogP contribution is 2.30. The zero-order chi connectivity index (χ0) is 13.2. The van der Waals surface area contributed by atoms with Crippen molar-refractivity contribution >= 4 is 5.97 Å². The highest BCUT2D eigenvalue weighted by Gasteiger charge is 2.34. The van der Waals surface area contributed by atoms with Crippen molar-refractivity contribution < 1.29 is 27.8 Å². The van der Waals surface area contributed by atoms with Crippen molar-refractivity contribution in [2.75, 3.05) is 0 Å². The number of hydrogen-bond acceptors (Lipinski definition) is 4. The zero-order valence-electron chi connectivity index (χ0n) is 8.71. The van der Waals surface area contributed by atoms with Crippen LogP contribution < -0.4 is 10.5 Å². The lowest BCUT2D eigenvalue weighted by molar-refractivity contribution is -0.275. The number of aromatic carboxylic acids is 1. The van der Waals surface area contributed by atoms with Gasteiger partial charge in [-0.1, -0.05) is 0 Å². The van der Waals surface area contributed by atoms with Crippen molar-refractivity contribution in [1.82, 2.24) is 4.98 Å². The van der Waals surface area contributed by atoms with Crippen molar-refractivity contribution in [1.29, 1.82) is 0 Å². The van der Waals surface area contributed by atoms with Crippen LogP contribution in [0.2, 0.25) is 0 Å². The van der Waals surface area contributed by atoms with Crippen LogP contribution in [-0.2, 0) is 6.54 Å². The Morgan fingerprint density at radius 2 is 2.18 bits per heavy atom. The van der Waals surface area contributed by atoms with Crippen LogP contribution in [0.5, 0.6) is 5.75 Å². The van der Waals surface area contributed by atoms with Gasteiger partial charge >= 0.3 is 12.3 Å². The van der Waals surface area contributed by atoms with Gasteiger partial charge < -0.3 is 15.6 Å². The molecule has 0 aliphatic carbocycles. The van der Waals surface area contributed by atoms with Gasteiger partial charge in [0, 0.05) is 12.7 Å². The van der Waals surface area contributed by atoms with E-state index in [-0.39, 0.29) is 17.7 Å². The van der Waals surface area contributed by atoms with Crippen LogP contribution in [0, 0.1) is 6.92 Å². The second-order valence-electron chi connectivity index (χ2n) is 3.14. The molecule has 0 radical (unpaired) electrons. The van der Waals surface area contributed by atoms with Gasteiger partial charge in [-0.25, -0.2) is 9.78 Å². The monoisotopic (exact) mass is 250 g/mol. The second-order valence-corrected chi connectivity index (χ2v) is 3.14. The molecule has 1 aromatic heterocycles. The number of carboxylic acid groups (broad SMARTS) is 1. The predicted molar refractivity (Wildman–Crippen MR) is 50.5 cm³/mol. The Bertz CT molecular complexity index is 446. The average Bonchev–Trinajstić information content (AvgIpc) is 2.18. The first kappa shape index (κ1) is 13.2. The molecular weight excluding hydrogens is 241 g/mol. The Morgan fingerprint density at radius 1 is 1.59 bits per heavy atom. The molecule has 5 nitrogen and oxygen atoms in total. The molecule has 1 aromatic rings. The second kappa shape index (κ2) is 4.58. The molecular formula is C9H9F3N2O3. The summed E-state index contributed by atoms with van der Waals surface area (Å²) < 4.78 is 40.0. The number of alkyl halides is 3. The summed E-state index contributed by atoms with van der Waals surface area (Å²) in [5.74, 6) is -2.43. The van der Waals surface area contributed by atoms with Crippen LogP contribution in [0.4, 0.5) is 13.2 Å². The summed E-state index contributed by atoms with van der Waals surface area (Å²) in [5, 5.41) is 8.71. The van der Waals surface area contributed by atoms with E-state index in [1.165, 1.54) is 6.92 Å². The van der Waals surface area contributed by atoms with Gasteiger partial charge in [-0.3, -0.25) is 0 Å². The van der Waals surface area contributed by atoms with E-state index in [9.17, 15) is 18.0 Å². The van der Waals surface area contributed by atoms with Gasteiger partial charge in [0.25, 0.3) is 0 Å². The number of pyridine rings is 1. The SMILES string of the molecule is Cc1c(CN)cnc(C(=O)O)c1OC(F)(F)F. The topological polar surface area (TPSA) is 85.4 Å². The van der Waals surface area contributed by atoms with Gasteiger partial charge in [0.2, 0.25) is 0 Å². The lowest BCUT2D eigenvalue weighted by Crippen LogP contribution is -2.21. The summed E-state index contributed by atoms with van der Waals surface area (Å²) in [6.45, 7) is 1.23. The molecule has 1 heterocycles. The summed E-state index contributed by atoms with van der Waals surface area (Å²) in [5.41, 5.74) is 4.79. The lowest BCUT2D eigenvalue weighted by atomic mass is 10.1. The minimum absolute atomic E-state index is 0.0113. The Morgan fingerprint density at radius 3 is 2.59 bits per heavy atom. The molecule has 0 saturated carbocycles. The van der Waals surface area contributed by atoms with Crippen LogP contribution in [0.15, 0.2) is 6.20 Å². The highest BCUT2D eigenvalue weighted by molar-refractivity contribution is 5.89. The van der Waals surface area contributed by atoms with Crippen LogP contribution in [0.25, 0.3) is 0 Å². The van der Waals surface area contributed by atoms with E-state index in [1.807, 2.05) is 0 Å². The largest absolute Gasteiger partial charge is 0.573 e. The minimum atomic E-state index is -4.98. The zero-order valence-corrected chi connectivity index (χ0v) is 8.71. The Hall–Kier alpha value is -1.83.